The van der Waals surface area contributed by atoms with Crippen molar-refractivity contribution in [1.29, 1.82) is 5.26 Å². The molecule has 0 aliphatic heterocycles. The number of halogens is 2. The fourth-order valence-electron chi connectivity index (χ4n) is 2.74. The van der Waals surface area contributed by atoms with Gasteiger partial charge in [-0.15, -0.1) is 0 Å². The monoisotopic (exact) mass is 309 g/mol. The molecule has 0 bridgehead atoms. The molecule has 3 aromatic rings. The van der Waals surface area contributed by atoms with Crippen LogP contribution in [0.25, 0.3) is 22.0 Å². The minimum absolute atomic E-state index is 0.277. The second-order valence-electron chi connectivity index (χ2n) is 5.51. The highest BCUT2D eigenvalue weighted by atomic mass is 19.1. The van der Waals surface area contributed by atoms with Crippen LogP contribution >= 0.6 is 0 Å². The van der Waals surface area contributed by atoms with Crippen molar-refractivity contribution in [3.8, 4) is 17.2 Å². The Morgan fingerprint density at radius 3 is 2.78 bits per heavy atom. The number of aromatic nitrogens is 1. The summed E-state index contributed by atoms with van der Waals surface area (Å²) in [6, 6.07) is 18.0. The van der Waals surface area contributed by atoms with Crippen molar-refractivity contribution in [2.75, 3.05) is 13.3 Å². The number of hydrogen-bond donors (Lipinski definition) is 0. The Morgan fingerprint density at radius 2 is 2.04 bits per heavy atom. The average Bonchev–Trinajstić information content (AvgIpc) is 2.98. The molecule has 1 heterocycles. The summed E-state index contributed by atoms with van der Waals surface area (Å²) in [6.07, 6.45) is 1.90. The van der Waals surface area contributed by atoms with Gasteiger partial charge in [0.2, 0.25) is 0 Å². The van der Waals surface area contributed by atoms with Gasteiger partial charge in [-0.3, -0.25) is 8.78 Å². The van der Waals surface area contributed by atoms with Crippen LogP contribution in [0.2, 0.25) is 0 Å². The number of nitrogens with zero attached hydrogens (tertiary/aromatic N) is 2. The fourth-order valence-corrected chi connectivity index (χ4v) is 2.74. The van der Waals surface area contributed by atoms with Gasteiger partial charge < -0.3 is 4.57 Å². The maximum absolute atomic E-state index is 12.9. The Balaban J connectivity index is 2.12. The molecular weight excluding hydrogens is 294 g/mol. The van der Waals surface area contributed by atoms with Gasteiger partial charge in [0.15, 0.2) is 0 Å². The minimum Gasteiger partial charge on any atom is -0.346 e. The molecule has 2 nitrogen and oxygen atoms in total. The summed E-state index contributed by atoms with van der Waals surface area (Å²) in [7, 11) is 0. The quantitative estimate of drug-likeness (QED) is 0.680. The van der Waals surface area contributed by atoms with Gasteiger partial charge in [-0.2, -0.15) is 5.26 Å². The predicted octanol–water partition coefficient (Wildman–Crippen LogP) is 4.54. The highest BCUT2D eigenvalue weighted by molar-refractivity contribution is 5.96. The van der Waals surface area contributed by atoms with E-state index in [1.165, 1.54) is 0 Å². The third-order valence-electron chi connectivity index (χ3n) is 3.92. The third-order valence-corrected chi connectivity index (χ3v) is 3.92. The molecular formula is C19H15F2N2. The topological polar surface area (TPSA) is 28.7 Å². The molecule has 115 valence electrons. The average molecular weight is 309 g/mol. The van der Waals surface area contributed by atoms with Gasteiger partial charge in [-0.1, -0.05) is 24.3 Å². The lowest BCUT2D eigenvalue weighted by molar-refractivity contribution is 0.265. The molecule has 0 atom stereocenters. The Kier molecular flexibility index (Phi) is 4.38. The van der Waals surface area contributed by atoms with Gasteiger partial charge in [0.05, 0.1) is 25.0 Å². The van der Waals surface area contributed by atoms with Gasteiger partial charge >= 0.3 is 0 Å². The third kappa shape index (κ3) is 2.95. The first-order valence-corrected chi connectivity index (χ1v) is 7.38. The first-order chi connectivity index (χ1) is 11.3. The first-order valence-electron chi connectivity index (χ1n) is 7.38. The molecule has 0 unspecified atom stereocenters. The van der Waals surface area contributed by atoms with E-state index in [1.54, 1.807) is 6.07 Å². The molecule has 0 spiro atoms. The maximum atomic E-state index is 12.9. The largest absolute Gasteiger partial charge is 0.346 e. The summed E-state index contributed by atoms with van der Waals surface area (Å²) in [5.41, 5.74) is 3.33. The molecule has 4 heteroatoms. The lowest BCUT2D eigenvalue weighted by Crippen LogP contribution is -2.13. The van der Waals surface area contributed by atoms with Crippen LogP contribution in [0.5, 0.6) is 0 Å². The second kappa shape index (κ2) is 6.62. The van der Waals surface area contributed by atoms with E-state index in [1.807, 2.05) is 47.2 Å². The molecule has 0 fully saturated rings. The Morgan fingerprint density at radius 1 is 1.22 bits per heavy atom. The molecule has 2 aromatic carbocycles. The number of benzene rings is 2. The first kappa shape index (κ1) is 15.2. The summed E-state index contributed by atoms with van der Waals surface area (Å²) in [4.78, 5) is 0. The van der Waals surface area contributed by atoms with Crippen molar-refractivity contribution in [3.63, 3.8) is 0 Å². The molecule has 0 N–H and O–H groups in total. The summed E-state index contributed by atoms with van der Waals surface area (Å²) in [5, 5.41) is 10.0. The highest BCUT2D eigenvalue weighted by Crippen LogP contribution is 2.31. The van der Waals surface area contributed by atoms with Crippen LogP contribution in [-0.2, 0) is 6.54 Å². The molecule has 23 heavy (non-hydrogen) atoms. The van der Waals surface area contributed by atoms with Gasteiger partial charge in [0.25, 0.3) is 0 Å². The van der Waals surface area contributed by atoms with E-state index in [9.17, 15) is 8.78 Å². The fraction of sp³-hybridized carbons (Fsp3) is 0.211. The Labute approximate surface area is 133 Å². The van der Waals surface area contributed by atoms with Crippen LogP contribution in [0, 0.1) is 23.3 Å². The summed E-state index contributed by atoms with van der Waals surface area (Å²) < 4.78 is 27.6. The summed E-state index contributed by atoms with van der Waals surface area (Å²) >= 11 is 0. The molecule has 3 rings (SSSR count). The van der Waals surface area contributed by atoms with Crippen LogP contribution in [0.15, 0.2) is 48.7 Å². The summed E-state index contributed by atoms with van der Waals surface area (Å²) in [6.45, 7) is -1.10. The van der Waals surface area contributed by atoms with Crippen molar-refractivity contribution in [2.45, 2.75) is 6.54 Å². The lowest BCUT2D eigenvalue weighted by Gasteiger charge is -2.10. The van der Waals surface area contributed by atoms with Crippen LogP contribution in [-0.4, -0.2) is 17.9 Å². The van der Waals surface area contributed by atoms with Crippen LogP contribution in [0.3, 0.4) is 0 Å². The van der Waals surface area contributed by atoms with E-state index < -0.39 is 19.3 Å². The van der Waals surface area contributed by atoms with Crippen molar-refractivity contribution < 1.29 is 8.78 Å². The Bertz CT molecular complexity index is 857. The second-order valence-corrected chi connectivity index (χ2v) is 5.51. The number of nitriles is 1. The standard InChI is InChI=1S/C19H15F2N2/c20-9-15(10-21)12-23-13-18(17-6-1-2-7-19(17)23)16-5-3-4-14(8-16)11-22/h1,3-8,13,15H,9-10,12H2. The van der Waals surface area contributed by atoms with E-state index in [-0.39, 0.29) is 6.54 Å². The highest BCUT2D eigenvalue weighted by Gasteiger charge is 2.14. The van der Waals surface area contributed by atoms with Crippen molar-refractivity contribution in [1.82, 2.24) is 4.57 Å². The van der Waals surface area contributed by atoms with E-state index in [4.69, 9.17) is 5.26 Å². The van der Waals surface area contributed by atoms with Gasteiger partial charge in [0.1, 0.15) is 0 Å². The van der Waals surface area contributed by atoms with E-state index in [2.05, 4.69) is 12.1 Å². The number of fused-ring (bicyclic) bond motifs is 1. The molecule has 0 amide bonds. The van der Waals surface area contributed by atoms with Gasteiger partial charge in [-0.05, 0) is 29.8 Å². The zero-order chi connectivity index (χ0) is 16.2. The van der Waals surface area contributed by atoms with Crippen LogP contribution in [0.4, 0.5) is 8.78 Å². The zero-order valence-electron chi connectivity index (χ0n) is 12.5. The van der Waals surface area contributed by atoms with Crippen LogP contribution < -0.4 is 0 Å². The lowest BCUT2D eigenvalue weighted by atomic mass is 10.0. The maximum Gasteiger partial charge on any atom is 0.0991 e. The number of hydrogen-bond acceptors (Lipinski definition) is 1. The van der Waals surface area contributed by atoms with E-state index in [0.29, 0.717) is 5.56 Å². The summed E-state index contributed by atoms with van der Waals surface area (Å²) in [5.74, 6) is -0.649. The van der Waals surface area contributed by atoms with E-state index in [0.717, 1.165) is 22.0 Å². The van der Waals surface area contributed by atoms with E-state index >= 15 is 0 Å². The van der Waals surface area contributed by atoms with Crippen molar-refractivity contribution in [2.24, 2.45) is 5.92 Å². The zero-order valence-corrected chi connectivity index (χ0v) is 12.5. The normalized spacial score (nSPS) is 11.0. The molecule has 0 aliphatic rings. The molecule has 0 aliphatic carbocycles. The smallest absolute Gasteiger partial charge is 0.0991 e. The Hall–Kier alpha value is -2.67. The van der Waals surface area contributed by atoms with Gasteiger partial charge in [0, 0.05) is 35.1 Å². The van der Waals surface area contributed by atoms with Gasteiger partial charge in [-0.25, -0.2) is 0 Å². The van der Waals surface area contributed by atoms with Crippen molar-refractivity contribution in [3.05, 3.63) is 60.3 Å². The van der Waals surface area contributed by atoms with Crippen molar-refractivity contribution >= 4 is 10.9 Å². The number of rotatable bonds is 5. The molecule has 0 saturated carbocycles. The van der Waals surface area contributed by atoms with Crippen LogP contribution in [0.1, 0.15) is 5.56 Å². The molecule has 1 radical (unpaired) electrons. The predicted molar refractivity (Wildman–Crippen MR) is 86.4 cm³/mol. The number of alkyl halides is 2. The minimum atomic E-state index is -0.689. The molecule has 1 aromatic heterocycles. The molecule has 0 saturated heterocycles. The SMILES string of the molecule is N#Cc1cccc(-c2cn(CC(CF)CF)c3c[c]ccc23)c1.